The highest BCUT2D eigenvalue weighted by Gasteiger charge is 2.25. The number of carbonyl (C=O) groups excluding carboxylic acids is 2. The van der Waals surface area contributed by atoms with E-state index in [0.29, 0.717) is 31.9 Å². The second-order valence-electron chi connectivity index (χ2n) is 6.95. The lowest BCUT2D eigenvalue weighted by Gasteiger charge is -2.30. The average molecular weight is 367 g/mol. The smallest absolute Gasteiger partial charge is 0.227 e. The lowest BCUT2D eigenvalue weighted by atomic mass is 9.96. The van der Waals surface area contributed by atoms with Crippen LogP contribution in [0.15, 0.2) is 30.3 Å². The molecule has 0 atom stereocenters. The van der Waals surface area contributed by atoms with Crippen molar-refractivity contribution in [2.24, 2.45) is 5.92 Å². The van der Waals surface area contributed by atoms with Crippen LogP contribution in [-0.4, -0.2) is 39.8 Å². The number of hydrogen-bond acceptors (Lipinski definition) is 5. The molecule has 0 spiro atoms. The monoisotopic (exact) mass is 367 g/mol. The van der Waals surface area contributed by atoms with Crippen molar-refractivity contribution in [1.82, 2.24) is 14.9 Å². The number of rotatable bonds is 4. The Morgan fingerprint density at radius 3 is 2.11 bits per heavy atom. The minimum absolute atomic E-state index is 0.0107. The van der Waals surface area contributed by atoms with E-state index in [-0.39, 0.29) is 17.7 Å². The maximum absolute atomic E-state index is 12.4. The second kappa shape index (κ2) is 8.16. The van der Waals surface area contributed by atoms with E-state index in [4.69, 9.17) is 0 Å². The van der Waals surface area contributed by atoms with Gasteiger partial charge in [-0.3, -0.25) is 9.59 Å². The molecule has 2 N–H and O–H groups in total. The Morgan fingerprint density at radius 1 is 1.00 bits per heavy atom. The maximum atomic E-state index is 12.4. The molecular weight excluding hydrogens is 342 g/mol. The molecular formula is C20H25N5O2. The summed E-state index contributed by atoms with van der Waals surface area (Å²) in [5.41, 5.74) is 3.42. The first-order valence-corrected chi connectivity index (χ1v) is 9.16. The van der Waals surface area contributed by atoms with Crippen LogP contribution in [0, 0.1) is 19.8 Å². The van der Waals surface area contributed by atoms with Gasteiger partial charge in [-0.1, -0.05) is 0 Å². The molecule has 1 aliphatic rings. The number of aromatic nitrogens is 2. The fourth-order valence-electron chi connectivity index (χ4n) is 3.25. The highest BCUT2D eigenvalue weighted by Crippen LogP contribution is 2.21. The third-order valence-corrected chi connectivity index (χ3v) is 4.70. The zero-order valence-electron chi connectivity index (χ0n) is 16.0. The van der Waals surface area contributed by atoms with E-state index in [1.165, 1.54) is 0 Å². The molecule has 7 heteroatoms. The lowest BCUT2D eigenvalue weighted by molar-refractivity contribution is -0.132. The molecule has 1 saturated heterocycles. The highest BCUT2D eigenvalue weighted by molar-refractivity contribution is 5.93. The summed E-state index contributed by atoms with van der Waals surface area (Å²) in [6.45, 7) is 6.72. The summed E-state index contributed by atoms with van der Waals surface area (Å²) in [7, 11) is 0. The zero-order valence-corrected chi connectivity index (χ0v) is 16.0. The van der Waals surface area contributed by atoms with Gasteiger partial charge in [0, 0.05) is 48.7 Å². The first-order chi connectivity index (χ1) is 12.9. The van der Waals surface area contributed by atoms with Crippen LogP contribution in [0.1, 0.15) is 31.2 Å². The molecule has 2 amide bonds. The molecule has 1 aromatic carbocycles. The van der Waals surface area contributed by atoms with Crippen LogP contribution in [-0.2, 0) is 9.59 Å². The molecule has 0 bridgehead atoms. The van der Waals surface area contributed by atoms with Crippen molar-refractivity contribution in [1.29, 1.82) is 0 Å². The topological polar surface area (TPSA) is 87.2 Å². The maximum Gasteiger partial charge on any atom is 0.227 e. The molecule has 0 unspecified atom stereocenters. The van der Waals surface area contributed by atoms with Crippen LogP contribution in [0.4, 0.5) is 17.3 Å². The van der Waals surface area contributed by atoms with Gasteiger partial charge in [0.2, 0.25) is 17.8 Å². The summed E-state index contributed by atoms with van der Waals surface area (Å²) in [6.07, 6.45) is 1.41. The molecule has 0 saturated carbocycles. The Bertz CT molecular complexity index is 807. The molecule has 2 aromatic rings. The van der Waals surface area contributed by atoms with Crippen molar-refractivity contribution in [3.05, 3.63) is 41.7 Å². The number of amides is 2. The summed E-state index contributed by atoms with van der Waals surface area (Å²) in [5.74, 6) is 0.588. The Morgan fingerprint density at radius 2 is 1.56 bits per heavy atom. The molecule has 1 fully saturated rings. The quantitative estimate of drug-likeness (QED) is 0.867. The number of carbonyl (C=O) groups is 2. The summed E-state index contributed by atoms with van der Waals surface area (Å²) in [4.78, 5) is 34.3. The largest absolute Gasteiger partial charge is 0.343 e. The summed E-state index contributed by atoms with van der Waals surface area (Å²) < 4.78 is 0. The van der Waals surface area contributed by atoms with Crippen molar-refractivity contribution in [3.63, 3.8) is 0 Å². The van der Waals surface area contributed by atoms with E-state index in [2.05, 4.69) is 20.6 Å². The number of aryl methyl sites for hydroxylation is 2. The summed E-state index contributed by atoms with van der Waals surface area (Å²) in [6, 6.07) is 9.40. The SMILES string of the molecule is CC(=O)N1CCC(C(=O)Nc2ccc(Nc3nc(C)cc(C)n3)cc2)CC1. The van der Waals surface area contributed by atoms with Crippen LogP contribution >= 0.6 is 0 Å². The molecule has 1 aliphatic heterocycles. The third-order valence-electron chi connectivity index (χ3n) is 4.70. The van der Waals surface area contributed by atoms with Gasteiger partial charge in [0.15, 0.2) is 0 Å². The van der Waals surface area contributed by atoms with Crippen molar-refractivity contribution >= 4 is 29.1 Å². The van der Waals surface area contributed by atoms with Gasteiger partial charge in [0.1, 0.15) is 0 Å². The standard InChI is InChI=1S/C20H25N5O2/c1-13-12-14(2)22-20(21-13)24-18-6-4-17(5-7-18)23-19(27)16-8-10-25(11-9-16)15(3)26/h4-7,12,16H,8-11H2,1-3H3,(H,23,27)(H,21,22,24). The van der Waals surface area contributed by atoms with Gasteiger partial charge < -0.3 is 15.5 Å². The van der Waals surface area contributed by atoms with E-state index >= 15 is 0 Å². The van der Waals surface area contributed by atoms with E-state index < -0.39 is 0 Å². The Balaban J connectivity index is 1.56. The molecule has 2 heterocycles. The third kappa shape index (κ3) is 5.03. The summed E-state index contributed by atoms with van der Waals surface area (Å²) >= 11 is 0. The Hall–Kier alpha value is -2.96. The normalized spacial score (nSPS) is 14.7. The van der Waals surface area contributed by atoms with Gasteiger partial charge in [-0.15, -0.1) is 0 Å². The molecule has 1 aromatic heterocycles. The zero-order chi connectivity index (χ0) is 19.4. The summed E-state index contributed by atoms with van der Waals surface area (Å²) in [5, 5.41) is 6.14. The van der Waals surface area contributed by atoms with Gasteiger partial charge >= 0.3 is 0 Å². The number of anilines is 3. The molecule has 7 nitrogen and oxygen atoms in total. The first-order valence-electron chi connectivity index (χ1n) is 9.16. The Labute approximate surface area is 159 Å². The van der Waals surface area contributed by atoms with Gasteiger partial charge in [0.05, 0.1) is 0 Å². The second-order valence-corrected chi connectivity index (χ2v) is 6.95. The number of piperidine rings is 1. The number of hydrogen-bond donors (Lipinski definition) is 2. The van der Waals surface area contributed by atoms with E-state index in [9.17, 15) is 9.59 Å². The Kier molecular flexibility index (Phi) is 5.69. The van der Waals surface area contributed by atoms with Crippen molar-refractivity contribution in [2.75, 3.05) is 23.7 Å². The number of nitrogens with zero attached hydrogens (tertiary/aromatic N) is 3. The minimum Gasteiger partial charge on any atom is -0.343 e. The average Bonchev–Trinajstić information content (AvgIpc) is 2.62. The van der Waals surface area contributed by atoms with Crippen molar-refractivity contribution < 1.29 is 9.59 Å². The van der Waals surface area contributed by atoms with Gasteiger partial charge in [-0.25, -0.2) is 9.97 Å². The highest BCUT2D eigenvalue weighted by atomic mass is 16.2. The van der Waals surface area contributed by atoms with Gasteiger partial charge in [-0.2, -0.15) is 0 Å². The molecule has 142 valence electrons. The van der Waals surface area contributed by atoms with Crippen LogP contribution < -0.4 is 10.6 Å². The van der Waals surface area contributed by atoms with Crippen molar-refractivity contribution in [2.45, 2.75) is 33.6 Å². The van der Waals surface area contributed by atoms with Crippen LogP contribution in [0.5, 0.6) is 0 Å². The fraction of sp³-hybridized carbons (Fsp3) is 0.400. The molecule has 3 rings (SSSR count). The number of nitrogens with one attached hydrogen (secondary N) is 2. The van der Waals surface area contributed by atoms with Gasteiger partial charge in [-0.05, 0) is 57.0 Å². The lowest BCUT2D eigenvalue weighted by Crippen LogP contribution is -2.40. The van der Waals surface area contributed by atoms with Crippen LogP contribution in [0.2, 0.25) is 0 Å². The van der Waals surface area contributed by atoms with Crippen molar-refractivity contribution in [3.8, 4) is 0 Å². The van der Waals surface area contributed by atoms with E-state index in [1.807, 2.05) is 44.2 Å². The number of likely N-dealkylation sites (tertiary alicyclic amines) is 1. The predicted molar refractivity (Wildman–Crippen MR) is 105 cm³/mol. The first kappa shape index (κ1) is 18.8. The predicted octanol–water partition coefficient (Wildman–Crippen LogP) is 3.03. The number of benzene rings is 1. The fourth-order valence-corrected chi connectivity index (χ4v) is 3.25. The molecule has 27 heavy (non-hydrogen) atoms. The minimum atomic E-state index is -0.0536. The van der Waals surface area contributed by atoms with Gasteiger partial charge in [0.25, 0.3) is 0 Å². The molecule has 0 radical (unpaired) electrons. The van der Waals surface area contributed by atoms with Crippen LogP contribution in [0.25, 0.3) is 0 Å². The van der Waals surface area contributed by atoms with E-state index in [1.54, 1.807) is 11.8 Å². The van der Waals surface area contributed by atoms with E-state index in [0.717, 1.165) is 22.8 Å². The van der Waals surface area contributed by atoms with Crippen LogP contribution in [0.3, 0.4) is 0 Å². The molecule has 0 aliphatic carbocycles.